The molecular formula is C20H25NO3. The van der Waals surface area contributed by atoms with E-state index in [1.165, 1.54) is 5.56 Å². The molecule has 0 saturated carbocycles. The van der Waals surface area contributed by atoms with Crippen LogP contribution < -0.4 is 14.8 Å². The lowest BCUT2D eigenvalue weighted by Crippen LogP contribution is -2.12. The van der Waals surface area contributed by atoms with Gasteiger partial charge in [-0.25, -0.2) is 0 Å². The number of amides is 1. The van der Waals surface area contributed by atoms with Crippen molar-refractivity contribution < 1.29 is 14.3 Å². The van der Waals surface area contributed by atoms with Crippen molar-refractivity contribution in [3.8, 4) is 11.5 Å². The summed E-state index contributed by atoms with van der Waals surface area (Å²) in [5.74, 6) is 1.59. The van der Waals surface area contributed by atoms with Crippen molar-refractivity contribution in [2.24, 2.45) is 0 Å². The molecule has 0 radical (unpaired) electrons. The second kappa shape index (κ2) is 8.39. The Morgan fingerprint density at radius 3 is 2.50 bits per heavy atom. The molecule has 0 bridgehead atoms. The molecule has 0 heterocycles. The molecule has 24 heavy (non-hydrogen) atoms. The van der Waals surface area contributed by atoms with E-state index in [1.807, 2.05) is 51.1 Å². The third-order valence-electron chi connectivity index (χ3n) is 3.70. The van der Waals surface area contributed by atoms with Gasteiger partial charge >= 0.3 is 0 Å². The number of anilines is 1. The van der Waals surface area contributed by atoms with Crippen LogP contribution in [-0.4, -0.2) is 12.5 Å². The second-order valence-electron chi connectivity index (χ2n) is 5.71. The molecule has 4 nitrogen and oxygen atoms in total. The van der Waals surface area contributed by atoms with Crippen LogP contribution in [0.15, 0.2) is 36.4 Å². The first-order chi connectivity index (χ1) is 11.5. The van der Waals surface area contributed by atoms with E-state index >= 15 is 0 Å². The van der Waals surface area contributed by atoms with Crippen molar-refractivity contribution in [3.63, 3.8) is 0 Å². The average Bonchev–Trinajstić information content (AvgIpc) is 2.56. The first-order valence-corrected chi connectivity index (χ1v) is 8.29. The minimum absolute atomic E-state index is 0.0214. The Balaban J connectivity index is 2.21. The fourth-order valence-electron chi connectivity index (χ4n) is 2.42. The van der Waals surface area contributed by atoms with E-state index in [0.717, 1.165) is 28.3 Å². The summed E-state index contributed by atoms with van der Waals surface area (Å²) in [4.78, 5) is 11.7. The first kappa shape index (κ1) is 17.9. The normalized spacial score (nSPS) is 10.3. The Kier molecular flexibility index (Phi) is 6.24. The highest BCUT2D eigenvalue weighted by Gasteiger charge is 2.09. The van der Waals surface area contributed by atoms with E-state index in [2.05, 4.69) is 18.3 Å². The zero-order valence-corrected chi connectivity index (χ0v) is 14.8. The zero-order valence-electron chi connectivity index (χ0n) is 14.8. The van der Waals surface area contributed by atoms with E-state index in [0.29, 0.717) is 19.6 Å². The van der Waals surface area contributed by atoms with E-state index in [1.54, 1.807) is 0 Å². The van der Waals surface area contributed by atoms with Crippen LogP contribution in [0, 0.1) is 13.8 Å². The molecule has 0 unspecified atom stereocenters. The van der Waals surface area contributed by atoms with Gasteiger partial charge in [-0.3, -0.25) is 4.79 Å². The van der Waals surface area contributed by atoms with Gasteiger partial charge in [0.25, 0.3) is 0 Å². The van der Waals surface area contributed by atoms with Gasteiger partial charge in [-0.2, -0.15) is 0 Å². The van der Waals surface area contributed by atoms with Crippen LogP contribution in [0.5, 0.6) is 11.5 Å². The Hall–Kier alpha value is -2.49. The van der Waals surface area contributed by atoms with E-state index in [4.69, 9.17) is 9.47 Å². The van der Waals surface area contributed by atoms with Gasteiger partial charge in [0.1, 0.15) is 18.1 Å². The van der Waals surface area contributed by atoms with Crippen LogP contribution in [0.3, 0.4) is 0 Å². The molecule has 2 aromatic rings. The predicted octanol–water partition coefficient (Wildman–Crippen LogP) is 4.63. The lowest BCUT2D eigenvalue weighted by atomic mass is 10.1. The number of hydrogen-bond acceptors (Lipinski definition) is 3. The van der Waals surface area contributed by atoms with Crippen LogP contribution in [0.4, 0.5) is 5.69 Å². The van der Waals surface area contributed by atoms with Gasteiger partial charge < -0.3 is 14.8 Å². The highest BCUT2D eigenvalue weighted by atomic mass is 16.5. The van der Waals surface area contributed by atoms with Crippen LogP contribution in [0.2, 0.25) is 0 Å². The smallest absolute Gasteiger partial charge is 0.224 e. The molecule has 1 amide bonds. The van der Waals surface area contributed by atoms with E-state index < -0.39 is 0 Å². The van der Waals surface area contributed by atoms with Crippen molar-refractivity contribution in [3.05, 3.63) is 53.1 Å². The van der Waals surface area contributed by atoms with Crippen molar-refractivity contribution in [1.29, 1.82) is 0 Å². The molecule has 0 aliphatic carbocycles. The van der Waals surface area contributed by atoms with E-state index in [-0.39, 0.29) is 5.91 Å². The van der Waals surface area contributed by atoms with Gasteiger partial charge in [0.2, 0.25) is 5.91 Å². The van der Waals surface area contributed by atoms with Crippen LogP contribution in [0.25, 0.3) is 0 Å². The number of carbonyl (C=O) groups excluding carboxylic acids is 1. The number of benzene rings is 2. The molecular weight excluding hydrogens is 302 g/mol. The Morgan fingerprint density at radius 1 is 1.04 bits per heavy atom. The topological polar surface area (TPSA) is 47.6 Å². The molecule has 0 aromatic heterocycles. The third kappa shape index (κ3) is 4.75. The summed E-state index contributed by atoms with van der Waals surface area (Å²) >= 11 is 0. The van der Waals surface area contributed by atoms with Gasteiger partial charge in [-0.15, -0.1) is 0 Å². The number of aryl methyl sites for hydroxylation is 2. The molecule has 0 fully saturated rings. The molecule has 0 aliphatic heterocycles. The zero-order chi connectivity index (χ0) is 17.5. The monoisotopic (exact) mass is 327 g/mol. The summed E-state index contributed by atoms with van der Waals surface area (Å²) < 4.78 is 11.5. The maximum absolute atomic E-state index is 11.7. The standard InChI is InChI=1S/C20H25NO3/c1-5-20(22)21-18-9-8-17(23-6-2)12-16(18)13-24-19-10-7-14(3)11-15(19)4/h7-12H,5-6,13H2,1-4H3,(H,21,22). The predicted molar refractivity (Wildman–Crippen MR) is 96.8 cm³/mol. The number of hydrogen-bond donors (Lipinski definition) is 1. The largest absolute Gasteiger partial charge is 0.494 e. The molecule has 1 N–H and O–H groups in total. The highest BCUT2D eigenvalue weighted by Crippen LogP contribution is 2.26. The molecule has 4 heteroatoms. The first-order valence-electron chi connectivity index (χ1n) is 8.29. The van der Waals surface area contributed by atoms with Crippen molar-refractivity contribution >= 4 is 11.6 Å². The number of carbonyl (C=O) groups is 1. The highest BCUT2D eigenvalue weighted by molar-refractivity contribution is 5.91. The summed E-state index contributed by atoms with van der Waals surface area (Å²) in [7, 11) is 0. The molecule has 0 saturated heterocycles. The fraction of sp³-hybridized carbons (Fsp3) is 0.350. The lowest BCUT2D eigenvalue weighted by molar-refractivity contribution is -0.115. The van der Waals surface area contributed by atoms with Crippen LogP contribution in [0.1, 0.15) is 37.0 Å². The second-order valence-corrected chi connectivity index (χ2v) is 5.71. The molecule has 128 valence electrons. The summed E-state index contributed by atoms with van der Waals surface area (Å²) in [6.45, 7) is 8.82. The summed E-state index contributed by atoms with van der Waals surface area (Å²) in [5, 5.41) is 2.92. The molecule has 0 spiro atoms. The Bertz CT molecular complexity index is 710. The Labute approximate surface area is 143 Å². The van der Waals surface area contributed by atoms with Gasteiger partial charge in [-0.1, -0.05) is 24.6 Å². The van der Waals surface area contributed by atoms with Crippen molar-refractivity contribution in [1.82, 2.24) is 0 Å². The third-order valence-corrected chi connectivity index (χ3v) is 3.70. The maximum Gasteiger partial charge on any atom is 0.224 e. The fourth-order valence-corrected chi connectivity index (χ4v) is 2.42. The minimum atomic E-state index is -0.0214. The van der Waals surface area contributed by atoms with Gasteiger partial charge in [0.05, 0.1) is 6.61 Å². The summed E-state index contributed by atoms with van der Waals surface area (Å²) in [6.07, 6.45) is 0.435. The van der Waals surface area contributed by atoms with Crippen LogP contribution >= 0.6 is 0 Å². The molecule has 2 aromatic carbocycles. The SMILES string of the molecule is CCOc1ccc(NC(=O)CC)c(COc2ccc(C)cc2C)c1. The lowest BCUT2D eigenvalue weighted by Gasteiger charge is -2.15. The minimum Gasteiger partial charge on any atom is -0.494 e. The van der Waals surface area contributed by atoms with Gasteiger partial charge in [-0.05, 0) is 50.6 Å². The molecule has 0 aliphatic rings. The molecule has 0 atom stereocenters. The van der Waals surface area contributed by atoms with Crippen molar-refractivity contribution in [2.75, 3.05) is 11.9 Å². The number of rotatable bonds is 7. The van der Waals surface area contributed by atoms with Crippen LogP contribution in [-0.2, 0) is 11.4 Å². The summed E-state index contributed by atoms with van der Waals surface area (Å²) in [5.41, 5.74) is 3.95. The Morgan fingerprint density at radius 2 is 1.83 bits per heavy atom. The van der Waals surface area contributed by atoms with E-state index in [9.17, 15) is 4.79 Å². The quantitative estimate of drug-likeness (QED) is 0.806. The number of nitrogens with one attached hydrogen (secondary N) is 1. The maximum atomic E-state index is 11.7. The van der Waals surface area contributed by atoms with Crippen molar-refractivity contribution in [2.45, 2.75) is 40.7 Å². The van der Waals surface area contributed by atoms with Gasteiger partial charge in [0, 0.05) is 17.7 Å². The number of ether oxygens (including phenoxy) is 2. The average molecular weight is 327 g/mol. The molecule has 2 rings (SSSR count). The summed E-state index contributed by atoms with van der Waals surface area (Å²) in [6, 6.07) is 11.7. The van der Waals surface area contributed by atoms with Gasteiger partial charge in [0.15, 0.2) is 0 Å².